The minimum atomic E-state index is -0.310. The number of ether oxygens (including phenoxy) is 2. The summed E-state index contributed by atoms with van der Waals surface area (Å²) in [5.74, 6) is 1.35. The van der Waals surface area contributed by atoms with Gasteiger partial charge in [0.05, 0.1) is 13.0 Å². The molecular formula is C25H32N4O4. The standard InChI is InChI=1S/C25H32N4O4/c1-3-21-17-28(15-19-11-22(32-2)6-7-23(19)33-21)10-9-27-25(31)20-12-24(30)29(16-20)14-18-5-4-8-26-13-18/h4-8,11,13,20-21H,3,9-10,12,14-17H2,1-2H3,(H,27,31)/t20-,21+/m1/s1. The van der Waals surface area contributed by atoms with Gasteiger partial charge in [0.1, 0.15) is 17.6 Å². The Balaban J connectivity index is 1.29. The number of amides is 2. The van der Waals surface area contributed by atoms with Gasteiger partial charge in [-0.15, -0.1) is 0 Å². The summed E-state index contributed by atoms with van der Waals surface area (Å²) in [7, 11) is 1.66. The second kappa shape index (κ2) is 10.7. The van der Waals surface area contributed by atoms with E-state index in [9.17, 15) is 9.59 Å². The van der Waals surface area contributed by atoms with Gasteiger partial charge in [-0.05, 0) is 36.2 Å². The average Bonchev–Trinajstić information content (AvgIpc) is 3.09. The van der Waals surface area contributed by atoms with Crippen LogP contribution in [0.5, 0.6) is 11.5 Å². The van der Waals surface area contributed by atoms with Crippen LogP contribution >= 0.6 is 0 Å². The molecule has 4 rings (SSSR count). The Bertz CT molecular complexity index is 968. The van der Waals surface area contributed by atoms with Crippen molar-refractivity contribution >= 4 is 11.8 Å². The van der Waals surface area contributed by atoms with Crippen molar-refractivity contribution in [3.05, 3.63) is 53.9 Å². The number of rotatable bonds is 8. The normalized spacial score (nSPS) is 20.7. The highest BCUT2D eigenvalue weighted by molar-refractivity contribution is 5.89. The molecule has 0 radical (unpaired) electrons. The van der Waals surface area contributed by atoms with Gasteiger partial charge in [-0.3, -0.25) is 19.5 Å². The number of aromatic nitrogens is 1. The van der Waals surface area contributed by atoms with Crippen LogP contribution in [0.1, 0.15) is 30.9 Å². The van der Waals surface area contributed by atoms with E-state index in [4.69, 9.17) is 9.47 Å². The Hall–Kier alpha value is -3.13. The van der Waals surface area contributed by atoms with Gasteiger partial charge in [0, 0.05) is 63.6 Å². The van der Waals surface area contributed by atoms with Crippen LogP contribution in [0.15, 0.2) is 42.7 Å². The first kappa shape index (κ1) is 23.0. The second-order valence-electron chi connectivity index (χ2n) is 8.68. The van der Waals surface area contributed by atoms with Crippen molar-refractivity contribution in [2.24, 2.45) is 5.92 Å². The van der Waals surface area contributed by atoms with E-state index in [1.165, 1.54) is 0 Å². The molecular weight excluding hydrogens is 420 g/mol. The van der Waals surface area contributed by atoms with E-state index in [-0.39, 0.29) is 30.3 Å². The van der Waals surface area contributed by atoms with Crippen molar-refractivity contribution in [1.29, 1.82) is 0 Å². The van der Waals surface area contributed by atoms with E-state index in [1.807, 2.05) is 30.3 Å². The number of pyridine rings is 1. The zero-order chi connectivity index (χ0) is 23.2. The molecule has 2 atom stereocenters. The first-order valence-corrected chi connectivity index (χ1v) is 11.6. The number of hydrogen-bond donors (Lipinski definition) is 1. The highest BCUT2D eigenvalue weighted by Crippen LogP contribution is 2.29. The van der Waals surface area contributed by atoms with Crippen LogP contribution in [0.25, 0.3) is 0 Å². The van der Waals surface area contributed by atoms with E-state index in [2.05, 4.69) is 22.1 Å². The molecule has 0 bridgehead atoms. The Kier molecular flexibility index (Phi) is 7.44. The largest absolute Gasteiger partial charge is 0.497 e. The lowest BCUT2D eigenvalue weighted by molar-refractivity contribution is -0.129. The van der Waals surface area contributed by atoms with Crippen LogP contribution in [0.2, 0.25) is 0 Å². The Labute approximate surface area is 194 Å². The zero-order valence-electron chi connectivity index (χ0n) is 19.3. The molecule has 3 heterocycles. The molecule has 1 fully saturated rings. The lowest BCUT2D eigenvalue weighted by atomic mass is 10.1. The van der Waals surface area contributed by atoms with Gasteiger partial charge in [-0.25, -0.2) is 0 Å². The monoisotopic (exact) mass is 452 g/mol. The van der Waals surface area contributed by atoms with Gasteiger partial charge in [-0.1, -0.05) is 13.0 Å². The van der Waals surface area contributed by atoms with Crippen molar-refractivity contribution in [3.8, 4) is 11.5 Å². The van der Waals surface area contributed by atoms with Gasteiger partial charge in [-0.2, -0.15) is 0 Å². The van der Waals surface area contributed by atoms with Gasteiger partial charge >= 0.3 is 0 Å². The minimum absolute atomic E-state index is 0.0139. The molecule has 0 aliphatic carbocycles. The lowest BCUT2D eigenvalue weighted by Crippen LogP contribution is -2.40. The first-order chi connectivity index (χ1) is 16.1. The number of nitrogens with one attached hydrogen (secondary N) is 1. The number of carbonyl (C=O) groups is 2. The number of hydrogen-bond acceptors (Lipinski definition) is 6. The van der Waals surface area contributed by atoms with Crippen LogP contribution in [-0.2, 0) is 22.7 Å². The van der Waals surface area contributed by atoms with Crippen LogP contribution in [-0.4, -0.2) is 66.0 Å². The topological polar surface area (TPSA) is 84.0 Å². The second-order valence-corrected chi connectivity index (χ2v) is 8.68. The SMILES string of the molecule is CC[C@H]1CN(CCNC(=O)[C@@H]2CC(=O)N(Cc3cccnc3)C2)Cc2cc(OC)ccc2O1. The molecule has 8 heteroatoms. The summed E-state index contributed by atoms with van der Waals surface area (Å²) in [6, 6.07) is 9.69. The van der Waals surface area contributed by atoms with Gasteiger partial charge in [0.15, 0.2) is 0 Å². The summed E-state index contributed by atoms with van der Waals surface area (Å²) in [4.78, 5) is 33.3. The summed E-state index contributed by atoms with van der Waals surface area (Å²) in [5.41, 5.74) is 2.06. The first-order valence-electron chi connectivity index (χ1n) is 11.6. The van der Waals surface area contributed by atoms with Crippen LogP contribution in [0.3, 0.4) is 0 Å². The van der Waals surface area contributed by atoms with Crippen molar-refractivity contribution in [3.63, 3.8) is 0 Å². The number of carbonyl (C=O) groups excluding carboxylic acids is 2. The van der Waals surface area contributed by atoms with E-state index >= 15 is 0 Å². The molecule has 1 aromatic heterocycles. The molecule has 176 valence electrons. The third-order valence-electron chi connectivity index (χ3n) is 6.28. The summed E-state index contributed by atoms with van der Waals surface area (Å²) >= 11 is 0. The molecule has 2 aliphatic heterocycles. The molecule has 1 N–H and O–H groups in total. The number of fused-ring (bicyclic) bond motifs is 1. The van der Waals surface area contributed by atoms with Crippen LogP contribution in [0.4, 0.5) is 0 Å². The molecule has 2 amide bonds. The molecule has 0 saturated carbocycles. The van der Waals surface area contributed by atoms with Crippen molar-refractivity contribution in [1.82, 2.24) is 20.1 Å². The molecule has 1 saturated heterocycles. The quantitative estimate of drug-likeness (QED) is 0.661. The van der Waals surface area contributed by atoms with E-state index in [0.29, 0.717) is 26.2 Å². The Morgan fingerprint density at radius 1 is 1.30 bits per heavy atom. The average molecular weight is 453 g/mol. The third-order valence-corrected chi connectivity index (χ3v) is 6.28. The van der Waals surface area contributed by atoms with Crippen molar-refractivity contribution < 1.29 is 19.1 Å². The van der Waals surface area contributed by atoms with Crippen molar-refractivity contribution in [2.45, 2.75) is 39.0 Å². The molecule has 0 spiro atoms. The van der Waals surface area contributed by atoms with Gasteiger partial charge in [0.2, 0.25) is 11.8 Å². The number of nitrogens with zero attached hydrogens (tertiary/aromatic N) is 3. The number of likely N-dealkylation sites (tertiary alicyclic amines) is 1. The lowest BCUT2D eigenvalue weighted by Gasteiger charge is -2.23. The Morgan fingerprint density at radius 3 is 2.94 bits per heavy atom. The fourth-order valence-electron chi connectivity index (χ4n) is 4.41. The molecule has 1 aromatic carbocycles. The fourth-order valence-corrected chi connectivity index (χ4v) is 4.41. The molecule has 2 aromatic rings. The van der Waals surface area contributed by atoms with Gasteiger partial charge < -0.3 is 19.7 Å². The smallest absolute Gasteiger partial charge is 0.225 e. The number of benzene rings is 1. The Morgan fingerprint density at radius 2 is 2.18 bits per heavy atom. The van der Waals surface area contributed by atoms with Crippen LogP contribution < -0.4 is 14.8 Å². The van der Waals surface area contributed by atoms with Crippen LogP contribution in [0, 0.1) is 5.92 Å². The summed E-state index contributed by atoms with van der Waals surface area (Å²) in [6.07, 6.45) is 4.73. The predicted molar refractivity (Wildman–Crippen MR) is 124 cm³/mol. The van der Waals surface area contributed by atoms with E-state index in [0.717, 1.165) is 42.1 Å². The molecule has 8 nitrogen and oxygen atoms in total. The highest BCUT2D eigenvalue weighted by atomic mass is 16.5. The predicted octanol–water partition coefficient (Wildman–Crippen LogP) is 2.23. The number of methoxy groups -OCH3 is 1. The molecule has 33 heavy (non-hydrogen) atoms. The highest BCUT2D eigenvalue weighted by Gasteiger charge is 2.34. The maximum atomic E-state index is 12.7. The van der Waals surface area contributed by atoms with E-state index < -0.39 is 0 Å². The van der Waals surface area contributed by atoms with Crippen molar-refractivity contribution in [2.75, 3.05) is 33.3 Å². The maximum Gasteiger partial charge on any atom is 0.225 e. The molecule has 2 aliphatic rings. The third kappa shape index (κ3) is 5.82. The zero-order valence-corrected chi connectivity index (χ0v) is 19.3. The summed E-state index contributed by atoms with van der Waals surface area (Å²) < 4.78 is 11.6. The summed E-state index contributed by atoms with van der Waals surface area (Å²) in [6.45, 7) is 5.83. The maximum absolute atomic E-state index is 12.7. The van der Waals surface area contributed by atoms with Gasteiger partial charge in [0.25, 0.3) is 0 Å². The minimum Gasteiger partial charge on any atom is -0.497 e. The van der Waals surface area contributed by atoms with E-state index in [1.54, 1.807) is 24.4 Å². The molecule has 0 unspecified atom stereocenters. The fraction of sp³-hybridized carbons (Fsp3) is 0.480. The summed E-state index contributed by atoms with van der Waals surface area (Å²) in [5, 5.41) is 3.04.